The van der Waals surface area contributed by atoms with E-state index >= 15 is 0 Å². The Hall–Kier alpha value is -2.40. The Labute approximate surface area is 129 Å². The molecule has 1 amide bonds. The van der Waals surface area contributed by atoms with Gasteiger partial charge in [0.05, 0.1) is 5.69 Å². The van der Waals surface area contributed by atoms with E-state index in [1.165, 1.54) is 11.6 Å². The molecule has 0 aliphatic rings. The van der Waals surface area contributed by atoms with Crippen LogP contribution in [0.25, 0.3) is 11.3 Å². The number of pyridine rings is 1. The van der Waals surface area contributed by atoms with Gasteiger partial charge in [-0.3, -0.25) is 15.0 Å². The molecule has 2 aromatic rings. The van der Waals surface area contributed by atoms with Crippen LogP contribution in [-0.4, -0.2) is 10.5 Å². The highest BCUT2D eigenvalue weighted by Gasteiger charge is 2.17. The van der Waals surface area contributed by atoms with E-state index in [-0.39, 0.29) is 17.2 Å². The molecule has 0 unspecified atom stereocenters. The average molecular weight is 299 g/mol. The number of nitrogens with two attached hydrogens (primary N) is 1. The van der Waals surface area contributed by atoms with E-state index in [4.69, 9.17) is 5.84 Å². The number of hydrogen-bond acceptors (Lipinski definition) is 3. The number of aromatic nitrogens is 1. The lowest BCUT2D eigenvalue weighted by Crippen LogP contribution is -2.37. The number of nitrogens with one attached hydrogen (secondary N) is 1. The topological polar surface area (TPSA) is 77.1 Å². The van der Waals surface area contributed by atoms with Gasteiger partial charge in [-0.05, 0) is 62.6 Å². The van der Waals surface area contributed by atoms with Crippen LogP contribution in [0.4, 0.5) is 0 Å². The van der Waals surface area contributed by atoms with Crippen molar-refractivity contribution >= 4 is 5.91 Å². The molecule has 0 spiro atoms. The third kappa shape index (κ3) is 2.80. The van der Waals surface area contributed by atoms with Crippen molar-refractivity contribution < 1.29 is 4.79 Å². The van der Waals surface area contributed by atoms with Gasteiger partial charge in [-0.25, -0.2) is 5.84 Å². The molecule has 0 saturated heterocycles. The minimum absolute atomic E-state index is 0.0452. The molecule has 0 aliphatic carbocycles. The molecule has 0 aliphatic heterocycles. The van der Waals surface area contributed by atoms with Crippen LogP contribution in [0.15, 0.2) is 35.1 Å². The quantitative estimate of drug-likeness (QED) is 0.519. The van der Waals surface area contributed by atoms with Crippen molar-refractivity contribution in [2.24, 2.45) is 5.84 Å². The van der Waals surface area contributed by atoms with E-state index in [0.717, 1.165) is 16.8 Å². The maximum absolute atomic E-state index is 12.6. The second kappa shape index (κ2) is 6.15. The first-order valence-electron chi connectivity index (χ1n) is 7.21. The third-order valence-corrected chi connectivity index (χ3v) is 3.81. The Morgan fingerprint density at radius 3 is 2.36 bits per heavy atom. The van der Waals surface area contributed by atoms with Gasteiger partial charge in [-0.15, -0.1) is 0 Å². The molecule has 0 atom stereocenters. The van der Waals surface area contributed by atoms with Crippen LogP contribution in [-0.2, 0) is 0 Å². The standard InChI is InChI=1S/C17H21N3O2/c1-10(2)20-15(13-6-5-11(3)12(4)9-13)8-7-14(17(20)22)16(21)19-18/h5-10H,18H2,1-4H3,(H,19,21). The van der Waals surface area contributed by atoms with Gasteiger partial charge in [0.2, 0.25) is 0 Å². The first-order chi connectivity index (χ1) is 10.4. The molecule has 0 radical (unpaired) electrons. The Kier molecular flexibility index (Phi) is 4.47. The monoisotopic (exact) mass is 299 g/mol. The maximum Gasteiger partial charge on any atom is 0.270 e. The summed E-state index contributed by atoms with van der Waals surface area (Å²) in [6.45, 7) is 7.91. The number of hydrogen-bond donors (Lipinski definition) is 2. The summed E-state index contributed by atoms with van der Waals surface area (Å²) < 4.78 is 1.62. The van der Waals surface area contributed by atoms with E-state index in [1.807, 2.05) is 51.3 Å². The highest BCUT2D eigenvalue weighted by molar-refractivity contribution is 5.93. The molecule has 22 heavy (non-hydrogen) atoms. The summed E-state index contributed by atoms with van der Waals surface area (Å²) in [5, 5.41) is 0. The molecule has 5 heteroatoms. The van der Waals surface area contributed by atoms with Crippen molar-refractivity contribution in [1.82, 2.24) is 9.99 Å². The van der Waals surface area contributed by atoms with Crippen LogP contribution in [0, 0.1) is 13.8 Å². The zero-order valence-electron chi connectivity index (χ0n) is 13.3. The lowest BCUT2D eigenvalue weighted by atomic mass is 10.0. The number of nitrogens with zero attached hydrogens (tertiary/aromatic N) is 1. The second-order valence-electron chi connectivity index (χ2n) is 5.67. The summed E-state index contributed by atoms with van der Waals surface area (Å²) in [5.41, 5.74) is 5.81. The summed E-state index contributed by atoms with van der Waals surface area (Å²) in [5.74, 6) is 4.56. The first-order valence-corrected chi connectivity index (χ1v) is 7.21. The number of carbonyl (C=O) groups excluding carboxylic acids is 1. The predicted molar refractivity (Wildman–Crippen MR) is 87.7 cm³/mol. The molecule has 0 fully saturated rings. The zero-order valence-corrected chi connectivity index (χ0v) is 13.3. The fourth-order valence-corrected chi connectivity index (χ4v) is 2.45. The van der Waals surface area contributed by atoms with Crippen LogP contribution in [0.1, 0.15) is 41.4 Å². The lowest BCUT2D eigenvalue weighted by Gasteiger charge is -2.18. The molecule has 1 heterocycles. The van der Waals surface area contributed by atoms with E-state index in [9.17, 15) is 9.59 Å². The van der Waals surface area contributed by atoms with Crippen molar-refractivity contribution in [3.63, 3.8) is 0 Å². The molecule has 2 rings (SSSR count). The Morgan fingerprint density at radius 2 is 1.82 bits per heavy atom. The Balaban J connectivity index is 2.71. The largest absolute Gasteiger partial charge is 0.305 e. The van der Waals surface area contributed by atoms with E-state index in [2.05, 4.69) is 0 Å². The first kappa shape index (κ1) is 16.0. The molecule has 3 N–H and O–H groups in total. The second-order valence-corrected chi connectivity index (χ2v) is 5.67. The van der Waals surface area contributed by atoms with Crippen molar-refractivity contribution in [2.45, 2.75) is 33.7 Å². The lowest BCUT2D eigenvalue weighted by molar-refractivity contribution is 0.0951. The Morgan fingerprint density at radius 1 is 1.14 bits per heavy atom. The maximum atomic E-state index is 12.6. The number of hydrazine groups is 1. The third-order valence-electron chi connectivity index (χ3n) is 3.81. The number of carbonyl (C=O) groups is 1. The van der Waals surface area contributed by atoms with Crippen molar-refractivity contribution in [3.8, 4) is 11.3 Å². The van der Waals surface area contributed by atoms with Crippen molar-refractivity contribution in [3.05, 3.63) is 57.4 Å². The number of nitrogen functional groups attached to an aromatic ring is 1. The van der Waals surface area contributed by atoms with Crippen LogP contribution in [0.5, 0.6) is 0 Å². The number of benzene rings is 1. The summed E-state index contributed by atoms with van der Waals surface area (Å²) >= 11 is 0. The van der Waals surface area contributed by atoms with Gasteiger partial charge in [0, 0.05) is 6.04 Å². The van der Waals surface area contributed by atoms with Gasteiger partial charge >= 0.3 is 0 Å². The summed E-state index contributed by atoms with van der Waals surface area (Å²) in [6, 6.07) is 9.30. The summed E-state index contributed by atoms with van der Waals surface area (Å²) in [6.07, 6.45) is 0. The smallest absolute Gasteiger partial charge is 0.270 e. The molecular weight excluding hydrogens is 278 g/mol. The highest BCUT2D eigenvalue weighted by Crippen LogP contribution is 2.23. The highest BCUT2D eigenvalue weighted by atomic mass is 16.2. The van der Waals surface area contributed by atoms with Crippen LogP contribution >= 0.6 is 0 Å². The van der Waals surface area contributed by atoms with Gasteiger partial charge in [0.15, 0.2) is 0 Å². The van der Waals surface area contributed by atoms with Gasteiger partial charge < -0.3 is 4.57 Å². The average Bonchev–Trinajstić information content (AvgIpc) is 2.48. The van der Waals surface area contributed by atoms with Gasteiger partial charge in [-0.1, -0.05) is 12.1 Å². The van der Waals surface area contributed by atoms with Crippen LogP contribution in [0.2, 0.25) is 0 Å². The van der Waals surface area contributed by atoms with E-state index in [0.29, 0.717) is 0 Å². The summed E-state index contributed by atoms with van der Waals surface area (Å²) in [4.78, 5) is 24.3. The molecular formula is C17H21N3O2. The number of aryl methyl sites for hydroxylation is 2. The summed E-state index contributed by atoms with van der Waals surface area (Å²) in [7, 11) is 0. The molecule has 1 aromatic heterocycles. The van der Waals surface area contributed by atoms with Crippen molar-refractivity contribution in [2.75, 3.05) is 0 Å². The molecule has 116 valence electrons. The number of rotatable bonds is 3. The Bertz CT molecular complexity index is 776. The number of amides is 1. The minimum atomic E-state index is -0.578. The fourth-order valence-electron chi connectivity index (χ4n) is 2.45. The fraction of sp³-hybridized carbons (Fsp3) is 0.294. The van der Waals surface area contributed by atoms with Crippen molar-refractivity contribution in [1.29, 1.82) is 0 Å². The molecule has 0 bridgehead atoms. The van der Waals surface area contributed by atoms with E-state index in [1.54, 1.807) is 10.6 Å². The SMILES string of the molecule is Cc1ccc(-c2ccc(C(=O)NN)c(=O)n2C(C)C)cc1C. The van der Waals surface area contributed by atoms with Crippen LogP contribution < -0.4 is 16.8 Å². The van der Waals surface area contributed by atoms with Gasteiger partial charge in [-0.2, -0.15) is 0 Å². The molecule has 1 aromatic carbocycles. The molecule has 0 saturated carbocycles. The zero-order chi connectivity index (χ0) is 16.4. The van der Waals surface area contributed by atoms with E-state index < -0.39 is 5.91 Å². The normalized spacial score (nSPS) is 10.8. The van der Waals surface area contributed by atoms with Gasteiger partial charge in [0.25, 0.3) is 11.5 Å². The van der Waals surface area contributed by atoms with Gasteiger partial charge in [0.1, 0.15) is 5.56 Å². The molecule has 5 nitrogen and oxygen atoms in total. The predicted octanol–water partition coefficient (Wildman–Crippen LogP) is 2.32. The minimum Gasteiger partial charge on any atom is -0.305 e. The van der Waals surface area contributed by atoms with Crippen LogP contribution in [0.3, 0.4) is 0 Å².